The van der Waals surface area contributed by atoms with Gasteiger partial charge in [0, 0.05) is 36.7 Å². The third-order valence-electron chi connectivity index (χ3n) is 3.22. The summed E-state index contributed by atoms with van der Waals surface area (Å²) in [6, 6.07) is 3.93. The maximum atomic E-state index is 12.3. The molecule has 1 amide bonds. The van der Waals surface area contributed by atoms with Crippen molar-refractivity contribution in [1.29, 1.82) is 0 Å². The molecule has 7 heteroatoms. The molecule has 1 aliphatic heterocycles. The first-order valence-electron chi connectivity index (χ1n) is 5.87. The largest absolute Gasteiger partial charge is 0.396 e. The summed E-state index contributed by atoms with van der Waals surface area (Å²) in [5, 5.41) is 20.3. The zero-order chi connectivity index (χ0) is 14.0. The lowest BCUT2D eigenvalue weighted by Crippen LogP contribution is -2.29. The molecule has 1 atom stereocenters. The van der Waals surface area contributed by atoms with Crippen molar-refractivity contribution in [3.05, 3.63) is 38.9 Å². The summed E-state index contributed by atoms with van der Waals surface area (Å²) in [6.45, 7) is 0.925. The Morgan fingerprint density at radius 3 is 2.89 bits per heavy atom. The molecule has 1 N–H and O–H groups in total. The molecule has 102 valence electrons. The Kier molecular flexibility index (Phi) is 4.01. The van der Waals surface area contributed by atoms with E-state index in [1.54, 1.807) is 0 Å². The van der Waals surface area contributed by atoms with Gasteiger partial charge in [-0.25, -0.2) is 0 Å². The Balaban J connectivity index is 2.28. The number of likely N-dealkylation sites (tertiary alicyclic amines) is 1. The van der Waals surface area contributed by atoms with Crippen LogP contribution in [0.2, 0.25) is 5.02 Å². The number of aliphatic hydroxyl groups excluding tert-OH is 1. The Bertz CT molecular complexity index is 520. The summed E-state index contributed by atoms with van der Waals surface area (Å²) >= 11 is 5.79. The molecule has 1 saturated heterocycles. The number of benzene rings is 1. The Labute approximate surface area is 114 Å². The number of carbonyl (C=O) groups excluding carboxylic acids is 1. The fourth-order valence-corrected chi connectivity index (χ4v) is 2.35. The fourth-order valence-electron chi connectivity index (χ4n) is 2.18. The lowest BCUT2D eigenvalue weighted by molar-refractivity contribution is -0.385. The number of nitro benzene ring substituents is 1. The Hall–Kier alpha value is -1.66. The van der Waals surface area contributed by atoms with Crippen molar-refractivity contribution in [2.45, 2.75) is 6.42 Å². The van der Waals surface area contributed by atoms with E-state index in [1.165, 1.54) is 23.1 Å². The molecule has 1 aromatic carbocycles. The highest BCUT2D eigenvalue weighted by molar-refractivity contribution is 6.31. The highest BCUT2D eigenvalue weighted by Crippen LogP contribution is 2.26. The molecule has 1 heterocycles. The third-order valence-corrected chi connectivity index (χ3v) is 3.45. The maximum absolute atomic E-state index is 12.3. The zero-order valence-electron chi connectivity index (χ0n) is 10.1. The average Bonchev–Trinajstić information content (AvgIpc) is 2.86. The van der Waals surface area contributed by atoms with Gasteiger partial charge >= 0.3 is 0 Å². The monoisotopic (exact) mass is 284 g/mol. The first kappa shape index (κ1) is 13.8. The van der Waals surface area contributed by atoms with Crippen molar-refractivity contribution in [3.8, 4) is 0 Å². The van der Waals surface area contributed by atoms with E-state index in [2.05, 4.69) is 0 Å². The Morgan fingerprint density at radius 1 is 1.58 bits per heavy atom. The van der Waals surface area contributed by atoms with E-state index in [0.717, 1.165) is 0 Å². The summed E-state index contributed by atoms with van der Waals surface area (Å²) < 4.78 is 0. The second-order valence-corrected chi connectivity index (χ2v) is 4.94. The van der Waals surface area contributed by atoms with Crippen molar-refractivity contribution < 1.29 is 14.8 Å². The number of hydrogen-bond acceptors (Lipinski definition) is 4. The van der Waals surface area contributed by atoms with E-state index >= 15 is 0 Å². The SMILES string of the molecule is O=C(c1cc(Cl)ccc1[N+](=O)[O-])N1CCC(CO)C1. The van der Waals surface area contributed by atoms with Gasteiger partial charge in [-0.1, -0.05) is 11.6 Å². The predicted octanol–water partition coefficient (Wildman–Crippen LogP) is 1.70. The molecule has 2 rings (SSSR count). The quantitative estimate of drug-likeness (QED) is 0.676. The number of halogens is 1. The first-order chi connectivity index (χ1) is 9.02. The first-order valence-corrected chi connectivity index (χ1v) is 6.24. The Morgan fingerprint density at radius 2 is 2.32 bits per heavy atom. The fraction of sp³-hybridized carbons (Fsp3) is 0.417. The van der Waals surface area contributed by atoms with E-state index in [9.17, 15) is 14.9 Å². The lowest BCUT2D eigenvalue weighted by Gasteiger charge is -2.16. The highest BCUT2D eigenvalue weighted by atomic mass is 35.5. The van der Waals surface area contributed by atoms with Gasteiger partial charge in [0.15, 0.2) is 0 Å². The molecule has 0 radical (unpaired) electrons. The maximum Gasteiger partial charge on any atom is 0.282 e. The van der Waals surface area contributed by atoms with Crippen molar-refractivity contribution in [1.82, 2.24) is 4.90 Å². The summed E-state index contributed by atoms with van der Waals surface area (Å²) in [4.78, 5) is 24.1. The van der Waals surface area contributed by atoms with Crippen LogP contribution in [0.5, 0.6) is 0 Å². The molecule has 0 aromatic heterocycles. The van der Waals surface area contributed by atoms with Crippen LogP contribution in [0.15, 0.2) is 18.2 Å². The number of aliphatic hydroxyl groups is 1. The van der Waals surface area contributed by atoms with Gasteiger partial charge < -0.3 is 10.0 Å². The minimum atomic E-state index is -0.594. The predicted molar refractivity (Wildman–Crippen MR) is 69.2 cm³/mol. The topological polar surface area (TPSA) is 83.7 Å². The van der Waals surface area contributed by atoms with Gasteiger partial charge in [0.05, 0.1) is 4.92 Å². The van der Waals surface area contributed by atoms with Crippen LogP contribution in [0.3, 0.4) is 0 Å². The molecule has 1 aromatic rings. The smallest absolute Gasteiger partial charge is 0.282 e. The molecular weight excluding hydrogens is 272 g/mol. The van der Waals surface area contributed by atoms with Crippen molar-refractivity contribution in [3.63, 3.8) is 0 Å². The van der Waals surface area contributed by atoms with Crippen LogP contribution < -0.4 is 0 Å². The molecule has 0 spiro atoms. The third kappa shape index (κ3) is 2.85. The second-order valence-electron chi connectivity index (χ2n) is 4.51. The van der Waals surface area contributed by atoms with Crippen LogP contribution in [-0.4, -0.2) is 40.5 Å². The molecule has 1 fully saturated rings. The summed E-state index contributed by atoms with van der Waals surface area (Å²) in [6.07, 6.45) is 0.705. The molecule has 0 saturated carbocycles. The van der Waals surface area contributed by atoms with Crippen molar-refractivity contribution in [2.75, 3.05) is 19.7 Å². The minimum Gasteiger partial charge on any atom is -0.396 e. The molecule has 1 unspecified atom stereocenters. The van der Waals surface area contributed by atoms with Gasteiger partial charge in [0.2, 0.25) is 0 Å². The molecule has 19 heavy (non-hydrogen) atoms. The van der Waals surface area contributed by atoms with Crippen LogP contribution >= 0.6 is 11.6 Å². The van der Waals surface area contributed by atoms with Crippen LogP contribution in [0.4, 0.5) is 5.69 Å². The summed E-state index contributed by atoms with van der Waals surface area (Å²) in [7, 11) is 0. The van der Waals surface area contributed by atoms with Crippen LogP contribution in [0.25, 0.3) is 0 Å². The molecule has 6 nitrogen and oxygen atoms in total. The zero-order valence-corrected chi connectivity index (χ0v) is 10.8. The van der Waals surface area contributed by atoms with Gasteiger partial charge in [-0.15, -0.1) is 0 Å². The number of nitro groups is 1. The van der Waals surface area contributed by atoms with Gasteiger partial charge in [0.25, 0.3) is 11.6 Å². The lowest BCUT2D eigenvalue weighted by atomic mass is 10.1. The molecule has 0 aliphatic carbocycles. The van der Waals surface area contributed by atoms with Crippen LogP contribution in [0.1, 0.15) is 16.8 Å². The van der Waals surface area contributed by atoms with E-state index < -0.39 is 10.8 Å². The van der Waals surface area contributed by atoms with Gasteiger partial charge in [0.1, 0.15) is 5.56 Å². The van der Waals surface area contributed by atoms with E-state index in [0.29, 0.717) is 19.5 Å². The molecular formula is C12H13ClN2O4. The number of hydrogen-bond donors (Lipinski definition) is 1. The second kappa shape index (κ2) is 5.54. The summed E-state index contributed by atoms with van der Waals surface area (Å²) in [5.41, 5.74) is -0.252. The minimum absolute atomic E-state index is 0.00362. The van der Waals surface area contributed by atoms with Gasteiger partial charge in [-0.3, -0.25) is 14.9 Å². The number of carbonyl (C=O) groups is 1. The number of nitrogens with zero attached hydrogens (tertiary/aromatic N) is 2. The number of rotatable bonds is 3. The van der Waals surface area contributed by atoms with Crippen molar-refractivity contribution >= 4 is 23.2 Å². The van der Waals surface area contributed by atoms with Crippen molar-refractivity contribution in [2.24, 2.45) is 5.92 Å². The highest BCUT2D eigenvalue weighted by Gasteiger charge is 2.30. The van der Waals surface area contributed by atoms with Crippen LogP contribution in [-0.2, 0) is 0 Å². The molecule has 0 bridgehead atoms. The van der Waals surface area contributed by atoms with Crippen LogP contribution in [0, 0.1) is 16.0 Å². The van der Waals surface area contributed by atoms with Gasteiger partial charge in [-0.2, -0.15) is 0 Å². The van der Waals surface area contributed by atoms with E-state index in [1.807, 2.05) is 0 Å². The molecule has 1 aliphatic rings. The average molecular weight is 285 g/mol. The van der Waals surface area contributed by atoms with Gasteiger partial charge in [-0.05, 0) is 18.6 Å². The standard InChI is InChI=1S/C12H13ClN2O4/c13-9-1-2-11(15(18)19)10(5-9)12(17)14-4-3-8(6-14)7-16/h1-2,5,8,16H,3-4,6-7H2. The van der Waals surface area contributed by atoms with E-state index in [4.69, 9.17) is 16.7 Å². The number of amides is 1. The van der Waals surface area contributed by atoms with E-state index in [-0.39, 0.29) is 28.8 Å². The summed E-state index contributed by atoms with van der Waals surface area (Å²) in [5.74, 6) is -0.368. The normalized spacial score (nSPS) is 18.6.